The van der Waals surface area contributed by atoms with Crippen LogP contribution in [0.5, 0.6) is 0 Å². The molecule has 0 saturated heterocycles. The van der Waals surface area contributed by atoms with E-state index in [1.54, 1.807) is 14.0 Å². The van der Waals surface area contributed by atoms with Gasteiger partial charge in [0.15, 0.2) is 11.5 Å². The maximum Gasteiger partial charge on any atom is 0.298 e. The Labute approximate surface area is 108 Å². The van der Waals surface area contributed by atoms with E-state index >= 15 is 0 Å². The third kappa shape index (κ3) is 3.68. The zero-order valence-electron chi connectivity index (χ0n) is 10.4. The summed E-state index contributed by atoms with van der Waals surface area (Å²) in [5, 5.41) is 15.6. The van der Waals surface area contributed by atoms with Crippen LogP contribution in [0.3, 0.4) is 0 Å². The molecule has 0 aliphatic carbocycles. The molecule has 1 unspecified atom stereocenters. The summed E-state index contributed by atoms with van der Waals surface area (Å²) in [7, 11) is 1.63. The lowest BCUT2D eigenvalue weighted by molar-refractivity contribution is -0.384. The Hall–Kier alpha value is -2.09. The van der Waals surface area contributed by atoms with Crippen LogP contribution in [0.4, 0.5) is 20.2 Å². The zero-order valence-corrected chi connectivity index (χ0v) is 10.4. The second-order valence-corrected chi connectivity index (χ2v) is 3.99. The lowest BCUT2D eigenvalue weighted by Gasteiger charge is -2.12. The Balaban J connectivity index is 3.06. The highest BCUT2D eigenvalue weighted by Gasteiger charge is 2.23. The molecular weight excluding hydrogens is 260 g/mol. The van der Waals surface area contributed by atoms with E-state index < -0.39 is 39.8 Å². The summed E-state index contributed by atoms with van der Waals surface area (Å²) in [4.78, 5) is 21.4. The maximum absolute atomic E-state index is 13.5. The van der Waals surface area contributed by atoms with Gasteiger partial charge in [0, 0.05) is 18.5 Å². The summed E-state index contributed by atoms with van der Waals surface area (Å²) in [5.74, 6) is -3.38. The first kappa shape index (κ1) is 15.0. The van der Waals surface area contributed by atoms with Crippen LogP contribution in [-0.2, 0) is 4.79 Å². The molecule has 0 aromatic heterocycles. The van der Waals surface area contributed by atoms with Crippen LogP contribution >= 0.6 is 0 Å². The van der Waals surface area contributed by atoms with Crippen molar-refractivity contribution in [1.82, 2.24) is 5.32 Å². The smallest absolute Gasteiger partial charge is 0.298 e. The van der Waals surface area contributed by atoms with Gasteiger partial charge in [-0.1, -0.05) is 6.92 Å². The van der Waals surface area contributed by atoms with Gasteiger partial charge in [0.25, 0.3) is 5.69 Å². The fourth-order valence-corrected chi connectivity index (χ4v) is 1.47. The molecule has 1 aromatic rings. The number of rotatable bonds is 5. The fraction of sp³-hybridized carbons (Fsp3) is 0.364. The minimum atomic E-state index is -1.18. The van der Waals surface area contributed by atoms with Crippen molar-refractivity contribution in [3.63, 3.8) is 0 Å². The molecule has 104 valence electrons. The minimum Gasteiger partial charge on any atom is -0.319 e. The molecule has 0 bridgehead atoms. The van der Waals surface area contributed by atoms with Crippen LogP contribution in [0, 0.1) is 27.7 Å². The van der Waals surface area contributed by atoms with Gasteiger partial charge < -0.3 is 10.6 Å². The van der Waals surface area contributed by atoms with E-state index in [-0.39, 0.29) is 0 Å². The zero-order chi connectivity index (χ0) is 14.6. The third-order valence-electron chi connectivity index (χ3n) is 2.44. The molecule has 6 nitrogen and oxygen atoms in total. The molecule has 8 heteroatoms. The SMILES string of the molecule is CNCC(C)C(=O)Nc1c(F)cc(F)cc1[N+](=O)[O-]. The van der Waals surface area contributed by atoms with Gasteiger partial charge in [-0.2, -0.15) is 0 Å². The number of hydrogen-bond acceptors (Lipinski definition) is 4. The molecule has 0 saturated carbocycles. The summed E-state index contributed by atoms with van der Waals surface area (Å²) in [6.45, 7) is 1.89. The molecular formula is C11H13F2N3O3. The lowest BCUT2D eigenvalue weighted by atomic mass is 10.1. The van der Waals surface area contributed by atoms with Crippen molar-refractivity contribution in [2.75, 3.05) is 18.9 Å². The predicted molar refractivity (Wildman–Crippen MR) is 64.7 cm³/mol. The normalized spacial score (nSPS) is 12.0. The van der Waals surface area contributed by atoms with E-state index in [0.717, 1.165) is 0 Å². The topological polar surface area (TPSA) is 84.3 Å². The Bertz CT molecular complexity index is 508. The van der Waals surface area contributed by atoms with Crippen molar-refractivity contribution in [2.24, 2.45) is 5.92 Å². The highest BCUT2D eigenvalue weighted by atomic mass is 19.1. The largest absolute Gasteiger partial charge is 0.319 e. The number of hydrogen-bond donors (Lipinski definition) is 2. The number of anilines is 1. The number of nitrogens with zero attached hydrogens (tertiary/aromatic N) is 1. The molecule has 19 heavy (non-hydrogen) atoms. The molecule has 1 aromatic carbocycles. The fourth-order valence-electron chi connectivity index (χ4n) is 1.47. The first-order chi connectivity index (χ1) is 8.86. The van der Waals surface area contributed by atoms with Gasteiger partial charge in [-0.05, 0) is 7.05 Å². The lowest BCUT2D eigenvalue weighted by Crippen LogP contribution is -2.29. The van der Waals surface area contributed by atoms with Crippen LogP contribution in [0.1, 0.15) is 6.92 Å². The number of amides is 1. The molecule has 1 amide bonds. The van der Waals surface area contributed by atoms with Gasteiger partial charge >= 0.3 is 0 Å². The summed E-state index contributed by atoms with van der Waals surface area (Å²) in [6.07, 6.45) is 0. The van der Waals surface area contributed by atoms with Crippen molar-refractivity contribution in [3.05, 3.63) is 33.9 Å². The second-order valence-electron chi connectivity index (χ2n) is 3.99. The van der Waals surface area contributed by atoms with Gasteiger partial charge in [-0.15, -0.1) is 0 Å². The van der Waals surface area contributed by atoms with Crippen LogP contribution in [0.2, 0.25) is 0 Å². The number of carbonyl (C=O) groups is 1. The number of nitro benzene ring substituents is 1. The quantitative estimate of drug-likeness (QED) is 0.631. The van der Waals surface area contributed by atoms with Crippen LogP contribution in [-0.4, -0.2) is 24.4 Å². The van der Waals surface area contributed by atoms with Crippen molar-refractivity contribution in [3.8, 4) is 0 Å². The van der Waals surface area contributed by atoms with Crippen molar-refractivity contribution >= 4 is 17.3 Å². The number of nitrogens with one attached hydrogen (secondary N) is 2. The molecule has 2 N–H and O–H groups in total. The molecule has 0 radical (unpaired) electrons. The van der Waals surface area contributed by atoms with E-state index in [2.05, 4.69) is 10.6 Å². The predicted octanol–water partition coefficient (Wildman–Crippen LogP) is 1.67. The molecule has 0 fully saturated rings. The summed E-state index contributed by atoms with van der Waals surface area (Å²) < 4.78 is 26.4. The van der Waals surface area contributed by atoms with Crippen molar-refractivity contribution in [1.29, 1.82) is 0 Å². The van der Waals surface area contributed by atoms with E-state index in [1.807, 2.05) is 0 Å². The number of carbonyl (C=O) groups excluding carboxylic acids is 1. The van der Waals surface area contributed by atoms with E-state index in [4.69, 9.17) is 0 Å². The number of nitro groups is 1. The van der Waals surface area contributed by atoms with Gasteiger partial charge in [-0.3, -0.25) is 14.9 Å². The van der Waals surface area contributed by atoms with Gasteiger partial charge in [0.2, 0.25) is 5.91 Å². The summed E-state index contributed by atoms with van der Waals surface area (Å²) in [6, 6.07) is 1.03. The van der Waals surface area contributed by atoms with Gasteiger partial charge in [0.1, 0.15) is 5.82 Å². The molecule has 1 rings (SSSR count). The van der Waals surface area contributed by atoms with Crippen LogP contribution in [0.25, 0.3) is 0 Å². The average Bonchev–Trinajstić information content (AvgIpc) is 2.32. The molecule has 0 aliphatic rings. The van der Waals surface area contributed by atoms with Gasteiger partial charge in [0.05, 0.1) is 11.0 Å². The first-order valence-corrected chi connectivity index (χ1v) is 5.45. The van der Waals surface area contributed by atoms with E-state index in [9.17, 15) is 23.7 Å². The summed E-state index contributed by atoms with van der Waals surface area (Å²) >= 11 is 0. The van der Waals surface area contributed by atoms with Crippen LogP contribution in [0.15, 0.2) is 12.1 Å². The Morgan fingerprint density at radius 2 is 2.11 bits per heavy atom. The van der Waals surface area contributed by atoms with E-state index in [1.165, 1.54) is 0 Å². The van der Waals surface area contributed by atoms with Crippen LogP contribution < -0.4 is 10.6 Å². The van der Waals surface area contributed by atoms with Gasteiger partial charge in [-0.25, -0.2) is 8.78 Å². The highest BCUT2D eigenvalue weighted by Crippen LogP contribution is 2.28. The number of halogens is 2. The Kier molecular flexibility index (Phi) is 4.87. The molecule has 0 aliphatic heterocycles. The second kappa shape index (κ2) is 6.19. The molecule has 0 spiro atoms. The van der Waals surface area contributed by atoms with Crippen molar-refractivity contribution < 1.29 is 18.5 Å². The standard InChI is InChI=1S/C11H13F2N3O3/c1-6(5-14-2)11(17)15-10-8(13)3-7(12)4-9(10)16(18)19/h3-4,6,14H,5H2,1-2H3,(H,15,17). The Morgan fingerprint density at radius 1 is 1.47 bits per heavy atom. The van der Waals surface area contributed by atoms with Crippen molar-refractivity contribution in [2.45, 2.75) is 6.92 Å². The number of benzene rings is 1. The maximum atomic E-state index is 13.5. The molecule has 0 heterocycles. The summed E-state index contributed by atoms with van der Waals surface area (Å²) in [5.41, 5.74) is -1.44. The monoisotopic (exact) mass is 273 g/mol. The first-order valence-electron chi connectivity index (χ1n) is 5.45. The minimum absolute atomic E-state index is 0.322. The average molecular weight is 273 g/mol. The third-order valence-corrected chi connectivity index (χ3v) is 2.44. The molecule has 1 atom stereocenters. The Morgan fingerprint density at radius 3 is 2.63 bits per heavy atom. The highest BCUT2D eigenvalue weighted by molar-refractivity contribution is 5.94. The van der Waals surface area contributed by atoms with E-state index in [0.29, 0.717) is 18.7 Å².